The second-order valence-electron chi connectivity index (χ2n) is 6.66. The highest BCUT2D eigenvalue weighted by molar-refractivity contribution is 7.91. The number of sulfone groups is 1. The molecule has 2 N–H and O–H groups in total. The van der Waals surface area contributed by atoms with Crippen molar-refractivity contribution in [3.63, 3.8) is 0 Å². The fraction of sp³-hybridized carbons (Fsp3) is 0.0952. The van der Waals surface area contributed by atoms with E-state index in [2.05, 4.69) is 20.5 Å². The molecule has 4 rings (SSSR count). The predicted octanol–water partition coefficient (Wildman–Crippen LogP) is 3.38. The summed E-state index contributed by atoms with van der Waals surface area (Å²) in [6.45, 7) is 0.233. The third kappa shape index (κ3) is 4.23. The number of pyridine rings is 1. The number of carbonyl (C=O) groups is 1. The zero-order chi connectivity index (χ0) is 22.0. The molecule has 0 aliphatic rings. The number of benzene rings is 2. The number of halogens is 1. The smallest absolute Gasteiger partial charge is 0.253 e. The van der Waals surface area contributed by atoms with Crippen molar-refractivity contribution in [2.75, 3.05) is 7.11 Å². The van der Waals surface area contributed by atoms with Crippen LogP contribution in [0.25, 0.3) is 11.0 Å². The molecule has 0 aliphatic heterocycles. The maximum absolute atomic E-state index is 12.8. The van der Waals surface area contributed by atoms with Crippen LogP contribution in [0.15, 0.2) is 70.7 Å². The molecule has 10 heteroatoms. The molecule has 0 atom stereocenters. The van der Waals surface area contributed by atoms with Gasteiger partial charge in [-0.3, -0.25) is 9.89 Å². The first-order valence-electron chi connectivity index (χ1n) is 9.13. The van der Waals surface area contributed by atoms with Crippen molar-refractivity contribution in [1.29, 1.82) is 0 Å². The average molecular weight is 457 g/mol. The number of rotatable bonds is 6. The van der Waals surface area contributed by atoms with Crippen molar-refractivity contribution in [1.82, 2.24) is 20.5 Å². The van der Waals surface area contributed by atoms with Gasteiger partial charge in [0.2, 0.25) is 9.84 Å². The minimum absolute atomic E-state index is 0.0708. The lowest BCUT2D eigenvalue weighted by molar-refractivity contribution is 0.0950. The molecule has 1 amide bonds. The van der Waals surface area contributed by atoms with E-state index < -0.39 is 9.84 Å². The number of amides is 1. The van der Waals surface area contributed by atoms with E-state index in [1.54, 1.807) is 24.4 Å². The molecule has 4 aromatic rings. The van der Waals surface area contributed by atoms with Gasteiger partial charge in [0, 0.05) is 18.1 Å². The van der Waals surface area contributed by atoms with Gasteiger partial charge in [0.25, 0.3) is 5.91 Å². The summed E-state index contributed by atoms with van der Waals surface area (Å²) in [4.78, 5) is 16.7. The normalized spacial score (nSPS) is 11.4. The van der Waals surface area contributed by atoms with E-state index in [0.29, 0.717) is 17.0 Å². The minimum atomic E-state index is -3.74. The number of nitrogens with zero attached hydrogens (tertiary/aromatic N) is 2. The number of methoxy groups -OCH3 is 1. The van der Waals surface area contributed by atoms with Gasteiger partial charge in [-0.25, -0.2) is 13.4 Å². The van der Waals surface area contributed by atoms with Gasteiger partial charge in [-0.2, -0.15) is 5.10 Å². The lowest BCUT2D eigenvalue weighted by atomic mass is 10.2. The second-order valence-corrected chi connectivity index (χ2v) is 9.02. The first-order valence-corrected chi connectivity index (χ1v) is 11.0. The molecule has 0 fully saturated rings. The van der Waals surface area contributed by atoms with Gasteiger partial charge < -0.3 is 10.1 Å². The van der Waals surface area contributed by atoms with Gasteiger partial charge in [-0.1, -0.05) is 23.7 Å². The standard InChI is InChI=1S/C21H17ClN4O4S/c1-30-19-7-6-17(9-18(19)22)31(28,29)16-4-2-13(3-5-16)10-24-21(27)15-8-14-12-25-26-20(14)23-11-15/h2-9,11-12H,10H2,1H3,(H,24,27)(H,23,25,26). The molecule has 2 heterocycles. The van der Waals surface area contributed by atoms with E-state index in [-0.39, 0.29) is 27.3 Å². The van der Waals surface area contributed by atoms with Gasteiger partial charge in [0.1, 0.15) is 5.75 Å². The molecule has 0 saturated heterocycles. The van der Waals surface area contributed by atoms with Crippen LogP contribution in [0.1, 0.15) is 15.9 Å². The molecular weight excluding hydrogens is 440 g/mol. The van der Waals surface area contributed by atoms with Crippen LogP contribution in [0.2, 0.25) is 5.02 Å². The predicted molar refractivity (Wildman–Crippen MR) is 115 cm³/mol. The Morgan fingerprint density at radius 1 is 1.10 bits per heavy atom. The SMILES string of the molecule is COc1ccc(S(=O)(=O)c2ccc(CNC(=O)c3cnc4[nH]ncc4c3)cc2)cc1Cl. The molecule has 2 aromatic heterocycles. The number of ether oxygens (including phenoxy) is 1. The molecule has 0 bridgehead atoms. The van der Waals surface area contributed by atoms with Crippen LogP contribution in [-0.2, 0) is 16.4 Å². The highest BCUT2D eigenvalue weighted by Gasteiger charge is 2.19. The Labute approximate surface area is 183 Å². The third-order valence-electron chi connectivity index (χ3n) is 4.67. The molecule has 31 heavy (non-hydrogen) atoms. The van der Waals surface area contributed by atoms with E-state index in [9.17, 15) is 13.2 Å². The van der Waals surface area contributed by atoms with Gasteiger partial charge in [-0.15, -0.1) is 0 Å². The van der Waals surface area contributed by atoms with E-state index in [1.807, 2.05) is 0 Å². The van der Waals surface area contributed by atoms with E-state index in [4.69, 9.17) is 16.3 Å². The van der Waals surface area contributed by atoms with Gasteiger partial charge in [0.15, 0.2) is 5.65 Å². The zero-order valence-electron chi connectivity index (χ0n) is 16.3. The topological polar surface area (TPSA) is 114 Å². The number of fused-ring (bicyclic) bond motifs is 1. The number of aromatic amines is 1. The summed E-state index contributed by atoms with van der Waals surface area (Å²) < 4.78 is 30.8. The second kappa shape index (κ2) is 8.37. The van der Waals surface area contributed by atoms with Crippen molar-refractivity contribution in [2.24, 2.45) is 0 Å². The molecule has 0 aliphatic carbocycles. The largest absolute Gasteiger partial charge is 0.495 e. The summed E-state index contributed by atoms with van der Waals surface area (Å²) in [6, 6.07) is 12.3. The Hall–Kier alpha value is -3.43. The van der Waals surface area contributed by atoms with Crippen LogP contribution >= 0.6 is 11.6 Å². The van der Waals surface area contributed by atoms with Crippen molar-refractivity contribution >= 4 is 38.4 Å². The molecular formula is C21H17ClN4O4S. The summed E-state index contributed by atoms with van der Waals surface area (Å²) >= 11 is 6.06. The fourth-order valence-electron chi connectivity index (χ4n) is 2.98. The Morgan fingerprint density at radius 2 is 1.84 bits per heavy atom. The Morgan fingerprint density at radius 3 is 2.55 bits per heavy atom. The highest BCUT2D eigenvalue weighted by Crippen LogP contribution is 2.30. The quantitative estimate of drug-likeness (QED) is 0.459. The van der Waals surface area contributed by atoms with Crippen molar-refractivity contribution in [3.8, 4) is 5.75 Å². The summed E-state index contributed by atoms with van der Waals surface area (Å²) in [6.07, 6.45) is 3.06. The number of hydrogen-bond acceptors (Lipinski definition) is 6. The van der Waals surface area contributed by atoms with Crippen molar-refractivity contribution < 1.29 is 17.9 Å². The third-order valence-corrected chi connectivity index (χ3v) is 6.74. The van der Waals surface area contributed by atoms with Crippen molar-refractivity contribution in [3.05, 3.63) is 77.1 Å². The van der Waals surface area contributed by atoms with Gasteiger partial charge >= 0.3 is 0 Å². The lowest BCUT2D eigenvalue weighted by Gasteiger charge is -2.09. The van der Waals surface area contributed by atoms with Crippen LogP contribution in [0.4, 0.5) is 0 Å². The maximum atomic E-state index is 12.8. The first-order chi connectivity index (χ1) is 14.9. The lowest BCUT2D eigenvalue weighted by Crippen LogP contribution is -2.22. The zero-order valence-corrected chi connectivity index (χ0v) is 17.9. The molecule has 0 saturated carbocycles. The Balaban J connectivity index is 1.46. The summed E-state index contributed by atoms with van der Waals surface area (Å²) in [7, 11) is -2.28. The first kappa shape index (κ1) is 20.8. The molecule has 0 unspecified atom stereocenters. The minimum Gasteiger partial charge on any atom is -0.495 e. The maximum Gasteiger partial charge on any atom is 0.253 e. The van der Waals surface area contributed by atoms with Crippen LogP contribution in [0.3, 0.4) is 0 Å². The summed E-state index contributed by atoms with van der Waals surface area (Å²) in [5.41, 5.74) is 1.76. The number of hydrogen-bond donors (Lipinski definition) is 2. The van der Waals surface area contributed by atoms with Gasteiger partial charge in [-0.05, 0) is 42.0 Å². The average Bonchev–Trinajstić information content (AvgIpc) is 3.25. The molecule has 0 radical (unpaired) electrons. The van der Waals surface area contributed by atoms with E-state index in [1.165, 1.54) is 43.6 Å². The molecule has 2 aromatic carbocycles. The van der Waals surface area contributed by atoms with Crippen LogP contribution in [0.5, 0.6) is 5.75 Å². The summed E-state index contributed by atoms with van der Waals surface area (Å²) in [5.74, 6) is 0.106. The number of nitrogens with one attached hydrogen (secondary N) is 2. The molecule has 8 nitrogen and oxygen atoms in total. The Bertz CT molecular complexity index is 1370. The Kier molecular flexibility index (Phi) is 5.62. The van der Waals surface area contributed by atoms with Crippen LogP contribution < -0.4 is 10.1 Å². The molecule has 158 valence electrons. The summed E-state index contributed by atoms with van der Waals surface area (Å²) in [5, 5.41) is 10.3. The van der Waals surface area contributed by atoms with Gasteiger partial charge in [0.05, 0.1) is 33.7 Å². The fourth-order valence-corrected chi connectivity index (χ4v) is 4.59. The van der Waals surface area contributed by atoms with E-state index >= 15 is 0 Å². The van der Waals surface area contributed by atoms with E-state index in [0.717, 1.165) is 10.9 Å². The van der Waals surface area contributed by atoms with Crippen LogP contribution in [0, 0.1) is 0 Å². The molecule has 0 spiro atoms. The number of aromatic nitrogens is 3. The van der Waals surface area contributed by atoms with Crippen molar-refractivity contribution in [2.45, 2.75) is 16.3 Å². The number of H-pyrrole nitrogens is 1. The highest BCUT2D eigenvalue weighted by atomic mass is 35.5. The monoisotopic (exact) mass is 456 g/mol. The van der Waals surface area contributed by atoms with Crippen LogP contribution in [-0.4, -0.2) is 36.6 Å². The number of carbonyl (C=O) groups excluding carboxylic acids is 1.